The molecule has 5 nitrogen and oxygen atoms in total. The lowest BCUT2D eigenvalue weighted by Gasteiger charge is -2.09. The molecule has 8 aromatic carbocycles. The Morgan fingerprint density at radius 3 is 1.79 bits per heavy atom. The highest BCUT2D eigenvalue weighted by atomic mass is 16.3. The molecule has 0 fully saturated rings. The van der Waals surface area contributed by atoms with Crippen molar-refractivity contribution in [2.24, 2.45) is 0 Å². The normalized spacial score (nSPS) is 11.8. The van der Waals surface area contributed by atoms with Crippen LogP contribution < -0.4 is 0 Å². The predicted octanol–water partition coefficient (Wildman–Crippen LogP) is 12.6. The summed E-state index contributed by atoms with van der Waals surface area (Å²) in [6, 6.07) is 56.4. The molecule has 0 bridgehead atoms. The van der Waals surface area contributed by atoms with Crippen molar-refractivity contribution < 1.29 is 8.83 Å². The van der Waals surface area contributed by atoms with Crippen LogP contribution in [0.15, 0.2) is 173 Å². The smallest absolute Gasteiger partial charge is 0.167 e. The molecule has 0 aliphatic heterocycles. The van der Waals surface area contributed by atoms with Crippen molar-refractivity contribution in [2.75, 3.05) is 0 Å². The van der Waals surface area contributed by atoms with Gasteiger partial charge in [-0.25, -0.2) is 15.0 Å². The molecule has 0 unspecified atom stereocenters. The maximum Gasteiger partial charge on any atom is 0.167 e. The molecule has 3 aromatic heterocycles. The third-order valence-electron chi connectivity index (χ3n) is 10.1. The quantitative estimate of drug-likeness (QED) is 0.187. The molecule has 0 spiro atoms. The summed E-state index contributed by atoms with van der Waals surface area (Å²) in [6.07, 6.45) is 0. The van der Waals surface area contributed by atoms with E-state index in [9.17, 15) is 0 Å². The van der Waals surface area contributed by atoms with E-state index in [1.807, 2.05) is 42.5 Å². The summed E-state index contributed by atoms with van der Waals surface area (Å²) in [5.74, 6) is 1.68. The van der Waals surface area contributed by atoms with Crippen LogP contribution >= 0.6 is 0 Å². The lowest BCUT2D eigenvalue weighted by Crippen LogP contribution is -2.00. The molecule has 52 heavy (non-hydrogen) atoms. The van der Waals surface area contributed by atoms with Crippen LogP contribution in [0.2, 0.25) is 0 Å². The largest absolute Gasteiger partial charge is 0.455 e. The molecule has 0 radical (unpaired) electrons. The second-order valence-corrected chi connectivity index (χ2v) is 13.2. The second kappa shape index (κ2) is 11.2. The van der Waals surface area contributed by atoms with Gasteiger partial charge in [0.15, 0.2) is 17.5 Å². The first-order valence-electron chi connectivity index (χ1n) is 17.3. The first-order chi connectivity index (χ1) is 25.7. The van der Waals surface area contributed by atoms with Crippen LogP contribution in [0.25, 0.3) is 111 Å². The maximum atomic E-state index is 6.70. The van der Waals surface area contributed by atoms with E-state index >= 15 is 0 Å². The highest BCUT2D eigenvalue weighted by molar-refractivity contribution is 6.19. The number of fused-ring (bicyclic) bond motifs is 9. The molecule has 11 rings (SSSR count). The summed E-state index contributed by atoms with van der Waals surface area (Å²) >= 11 is 0. The number of nitrogens with zero attached hydrogens (tertiary/aromatic N) is 3. The molecule has 0 aliphatic carbocycles. The highest BCUT2D eigenvalue weighted by Gasteiger charge is 2.20. The highest BCUT2D eigenvalue weighted by Crippen LogP contribution is 2.41. The molecule has 0 amide bonds. The fourth-order valence-corrected chi connectivity index (χ4v) is 7.60. The Bertz CT molecular complexity index is 3190. The first-order valence-corrected chi connectivity index (χ1v) is 17.3. The first kappa shape index (κ1) is 28.7. The monoisotopic (exact) mass is 665 g/mol. The zero-order valence-electron chi connectivity index (χ0n) is 27.7. The molecule has 0 saturated heterocycles. The van der Waals surface area contributed by atoms with Gasteiger partial charge in [0, 0.05) is 38.1 Å². The number of para-hydroxylation sites is 2. The van der Waals surface area contributed by atoms with E-state index in [1.165, 1.54) is 11.1 Å². The third kappa shape index (κ3) is 4.46. The number of hydrogen-bond acceptors (Lipinski definition) is 5. The molecule has 242 valence electrons. The van der Waals surface area contributed by atoms with Crippen LogP contribution in [0.1, 0.15) is 0 Å². The molecule has 0 N–H and O–H groups in total. The summed E-state index contributed by atoms with van der Waals surface area (Å²) in [5, 5.41) is 8.70. The number of furan rings is 2. The van der Waals surface area contributed by atoms with Crippen molar-refractivity contribution in [1.29, 1.82) is 0 Å². The van der Waals surface area contributed by atoms with Gasteiger partial charge in [-0.2, -0.15) is 0 Å². The van der Waals surface area contributed by atoms with Crippen LogP contribution in [0, 0.1) is 0 Å². The van der Waals surface area contributed by atoms with E-state index in [-0.39, 0.29) is 0 Å². The summed E-state index contributed by atoms with van der Waals surface area (Å²) in [4.78, 5) is 15.3. The molecular formula is C47H27N3O2. The van der Waals surface area contributed by atoms with Gasteiger partial charge in [-0.15, -0.1) is 0 Å². The van der Waals surface area contributed by atoms with E-state index in [0.29, 0.717) is 17.5 Å². The van der Waals surface area contributed by atoms with Gasteiger partial charge in [-0.3, -0.25) is 0 Å². The third-order valence-corrected chi connectivity index (χ3v) is 10.1. The van der Waals surface area contributed by atoms with Crippen molar-refractivity contribution in [2.45, 2.75) is 0 Å². The van der Waals surface area contributed by atoms with Crippen LogP contribution in [-0.2, 0) is 0 Å². The topological polar surface area (TPSA) is 65.0 Å². The van der Waals surface area contributed by atoms with Gasteiger partial charge in [-0.1, -0.05) is 127 Å². The van der Waals surface area contributed by atoms with E-state index < -0.39 is 0 Å². The van der Waals surface area contributed by atoms with E-state index in [0.717, 1.165) is 82.1 Å². The van der Waals surface area contributed by atoms with Gasteiger partial charge in [0.05, 0.1) is 5.56 Å². The van der Waals surface area contributed by atoms with Crippen molar-refractivity contribution in [1.82, 2.24) is 15.0 Å². The molecular weight excluding hydrogens is 639 g/mol. The lowest BCUT2D eigenvalue weighted by molar-refractivity contribution is 0.669. The molecule has 0 saturated carbocycles. The van der Waals surface area contributed by atoms with Gasteiger partial charge >= 0.3 is 0 Å². The molecule has 0 atom stereocenters. The number of rotatable bonds is 4. The SMILES string of the molecule is c1ccc(-c2cc3c4ccc(-c5nc(-c6ccc7ccccc7c6)nc(-c6cccc7c6oc6ccccc67)n5)cc4oc3c3ccccc23)cc1. The predicted molar refractivity (Wildman–Crippen MR) is 211 cm³/mol. The zero-order chi connectivity index (χ0) is 34.2. The van der Waals surface area contributed by atoms with Crippen molar-refractivity contribution in [3.63, 3.8) is 0 Å². The summed E-state index contributed by atoms with van der Waals surface area (Å²) < 4.78 is 13.1. The minimum atomic E-state index is 0.543. The second-order valence-electron chi connectivity index (χ2n) is 13.2. The Morgan fingerprint density at radius 2 is 0.923 bits per heavy atom. The van der Waals surface area contributed by atoms with E-state index in [1.54, 1.807) is 0 Å². The van der Waals surface area contributed by atoms with Gasteiger partial charge in [0.25, 0.3) is 0 Å². The maximum absolute atomic E-state index is 6.70. The number of benzene rings is 8. The summed E-state index contributed by atoms with van der Waals surface area (Å²) in [6.45, 7) is 0. The standard InChI is InChI=1S/C47H27N3O2/c1-2-12-29(13-3-1)39-27-40-35-24-23-32(26-42(35)52-44(40)36-17-7-6-15-33(36)39)46-48-45(31-22-21-28-11-4-5-14-30(28)25-31)49-47(50-46)38-19-10-18-37-34-16-8-9-20-41(34)51-43(37)38/h1-27H. The Kier molecular flexibility index (Phi) is 6.18. The van der Waals surface area contributed by atoms with Crippen molar-refractivity contribution >= 4 is 65.4 Å². The lowest BCUT2D eigenvalue weighted by atomic mass is 9.95. The van der Waals surface area contributed by atoms with Crippen LogP contribution in [0.5, 0.6) is 0 Å². The van der Waals surface area contributed by atoms with Crippen molar-refractivity contribution in [3.05, 3.63) is 164 Å². The zero-order valence-corrected chi connectivity index (χ0v) is 27.7. The van der Waals surface area contributed by atoms with Gasteiger partial charge in [-0.05, 0) is 63.7 Å². The van der Waals surface area contributed by atoms with Gasteiger partial charge in [0.1, 0.15) is 22.3 Å². The minimum absolute atomic E-state index is 0.543. The van der Waals surface area contributed by atoms with E-state index in [2.05, 4.69) is 121 Å². The van der Waals surface area contributed by atoms with Crippen LogP contribution in [-0.4, -0.2) is 15.0 Å². The fourth-order valence-electron chi connectivity index (χ4n) is 7.60. The summed E-state index contributed by atoms with van der Waals surface area (Å²) in [7, 11) is 0. The Morgan fingerprint density at radius 1 is 0.308 bits per heavy atom. The molecule has 11 aromatic rings. The molecule has 0 aliphatic rings. The molecule has 5 heteroatoms. The minimum Gasteiger partial charge on any atom is -0.455 e. The fraction of sp³-hybridized carbons (Fsp3) is 0. The summed E-state index contributed by atoms with van der Waals surface area (Å²) in [5.41, 5.74) is 8.12. The number of hydrogen-bond donors (Lipinski definition) is 0. The average molecular weight is 666 g/mol. The Hall–Kier alpha value is -7.11. The average Bonchev–Trinajstić information content (AvgIpc) is 3.79. The van der Waals surface area contributed by atoms with Crippen LogP contribution in [0.3, 0.4) is 0 Å². The van der Waals surface area contributed by atoms with Crippen LogP contribution in [0.4, 0.5) is 0 Å². The van der Waals surface area contributed by atoms with Crippen molar-refractivity contribution in [3.8, 4) is 45.3 Å². The Balaban J connectivity index is 1.13. The van der Waals surface area contributed by atoms with Gasteiger partial charge < -0.3 is 8.83 Å². The van der Waals surface area contributed by atoms with Gasteiger partial charge in [0.2, 0.25) is 0 Å². The number of aromatic nitrogens is 3. The van der Waals surface area contributed by atoms with E-state index in [4.69, 9.17) is 23.8 Å². The Labute approximate surface area is 297 Å². The molecule has 3 heterocycles.